The van der Waals surface area contributed by atoms with Crippen molar-refractivity contribution in [2.24, 2.45) is 0 Å². The highest BCUT2D eigenvalue weighted by atomic mass is 35.5. The molecule has 2 aromatic rings. The number of carbonyl (C=O) groups is 3. The zero-order valence-corrected chi connectivity index (χ0v) is 18.6. The smallest absolute Gasteiger partial charge is 0.341 e. The maximum Gasteiger partial charge on any atom is 0.341 e. The Bertz CT molecular complexity index is 943. The van der Waals surface area contributed by atoms with Gasteiger partial charge in [-0.3, -0.25) is 9.59 Å². The molecule has 0 radical (unpaired) electrons. The normalized spacial score (nSPS) is 10.4. The third-order valence-electron chi connectivity index (χ3n) is 3.73. The van der Waals surface area contributed by atoms with E-state index < -0.39 is 11.9 Å². The molecule has 0 saturated heterocycles. The molecule has 7 nitrogen and oxygen atoms in total. The summed E-state index contributed by atoms with van der Waals surface area (Å²) in [7, 11) is 3.21. The van der Waals surface area contributed by atoms with Gasteiger partial charge in [-0.05, 0) is 37.6 Å². The van der Waals surface area contributed by atoms with E-state index in [1.54, 1.807) is 40.1 Å². The highest BCUT2D eigenvalue weighted by Crippen LogP contribution is 2.34. The van der Waals surface area contributed by atoms with Gasteiger partial charge in [0.05, 0.1) is 22.1 Å². The van der Waals surface area contributed by atoms with Crippen molar-refractivity contribution in [3.8, 4) is 5.75 Å². The van der Waals surface area contributed by atoms with Crippen molar-refractivity contribution in [1.29, 1.82) is 0 Å². The Hall–Kier alpha value is -2.29. The van der Waals surface area contributed by atoms with E-state index in [0.717, 1.165) is 11.3 Å². The van der Waals surface area contributed by atoms with Gasteiger partial charge in [-0.1, -0.05) is 23.2 Å². The highest BCUT2D eigenvalue weighted by Gasteiger charge is 2.27. The van der Waals surface area contributed by atoms with E-state index in [0.29, 0.717) is 21.2 Å². The number of nitrogens with zero attached hydrogens (tertiary/aromatic N) is 1. The Kier molecular flexibility index (Phi) is 7.89. The summed E-state index contributed by atoms with van der Waals surface area (Å²) < 4.78 is 10.5. The van der Waals surface area contributed by atoms with Gasteiger partial charge in [-0.25, -0.2) is 4.79 Å². The summed E-state index contributed by atoms with van der Waals surface area (Å²) in [5, 5.41) is 3.55. The van der Waals surface area contributed by atoms with Crippen LogP contribution in [0.1, 0.15) is 32.5 Å². The predicted molar refractivity (Wildman–Crippen MR) is 114 cm³/mol. The van der Waals surface area contributed by atoms with Crippen molar-refractivity contribution in [2.75, 3.05) is 32.6 Å². The Morgan fingerprint density at radius 2 is 1.90 bits per heavy atom. The fraction of sp³-hybridized carbons (Fsp3) is 0.316. The predicted octanol–water partition coefficient (Wildman–Crippen LogP) is 4.26. The Balaban J connectivity index is 2.23. The van der Waals surface area contributed by atoms with Crippen molar-refractivity contribution in [1.82, 2.24) is 4.90 Å². The third-order valence-corrected chi connectivity index (χ3v) is 5.46. The standard InChI is InChI=1S/C19H20Cl2N2O5S/c1-5-27-19(26)15-10(2)16(18(25)23(3)4)29-17(15)22-14(24)9-28-13-7-6-11(20)8-12(13)21/h6-8H,5,9H2,1-4H3,(H,22,24). The van der Waals surface area contributed by atoms with Crippen LogP contribution in [-0.4, -0.2) is 50.0 Å². The summed E-state index contributed by atoms with van der Waals surface area (Å²) >= 11 is 12.9. The fourth-order valence-corrected chi connectivity index (χ4v) is 4.05. The quantitative estimate of drug-likeness (QED) is 0.626. The molecule has 0 aliphatic rings. The van der Waals surface area contributed by atoms with E-state index in [1.807, 2.05) is 0 Å². The Morgan fingerprint density at radius 1 is 1.21 bits per heavy atom. The van der Waals surface area contributed by atoms with Crippen LogP contribution in [0, 0.1) is 6.92 Å². The molecule has 1 aromatic heterocycles. The van der Waals surface area contributed by atoms with Crippen LogP contribution in [0.4, 0.5) is 5.00 Å². The van der Waals surface area contributed by atoms with E-state index in [4.69, 9.17) is 32.7 Å². The first kappa shape index (κ1) is 23.0. The van der Waals surface area contributed by atoms with Crippen LogP contribution in [-0.2, 0) is 9.53 Å². The van der Waals surface area contributed by atoms with Gasteiger partial charge in [0.25, 0.3) is 11.8 Å². The molecule has 0 aliphatic heterocycles. The lowest BCUT2D eigenvalue weighted by Crippen LogP contribution is -2.21. The number of nitrogens with one attached hydrogen (secondary N) is 1. The van der Waals surface area contributed by atoms with E-state index in [-0.39, 0.29) is 34.7 Å². The second-order valence-corrected chi connectivity index (χ2v) is 7.96. The summed E-state index contributed by atoms with van der Waals surface area (Å²) in [6, 6.07) is 4.63. The maximum absolute atomic E-state index is 12.4. The molecule has 0 saturated carbocycles. The number of benzene rings is 1. The molecule has 1 N–H and O–H groups in total. The highest BCUT2D eigenvalue weighted by molar-refractivity contribution is 7.18. The van der Waals surface area contributed by atoms with Crippen LogP contribution in [0.5, 0.6) is 5.75 Å². The molecule has 2 rings (SSSR count). The molecule has 1 heterocycles. The average molecular weight is 459 g/mol. The number of amides is 2. The molecule has 0 unspecified atom stereocenters. The first-order valence-corrected chi connectivity index (χ1v) is 10.1. The number of hydrogen-bond acceptors (Lipinski definition) is 6. The van der Waals surface area contributed by atoms with Gasteiger partial charge in [-0.2, -0.15) is 0 Å². The van der Waals surface area contributed by atoms with Crippen LogP contribution in [0.2, 0.25) is 10.0 Å². The molecule has 0 aliphatic carbocycles. The fourth-order valence-electron chi connectivity index (χ4n) is 2.36. The topological polar surface area (TPSA) is 84.9 Å². The lowest BCUT2D eigenvalue weighted by molar-refractivity contribution is -0.118. The maximum atomic E-state index is 12.4. The molecule has 29 heavy (non-hydrogen) atoms. The van der Waals surface area contributed by atoms with E-state index in [9.17, 15) is 14.4 Å². The monoisotopic (exact) mass is 458 g/mol. The number of thiophene rings is 1. The second kappa shape index (κ2) is 9.96. The molecule has 0 atom stereocenters. The lowest BCUT2D eigenvalue weighted by Gasteiger charge is -2.09. The van der Waals surface area contributed by atoms with Crippen LogP contribution in [0.3, 0.4) is 0 Å². The molecule has 0 spiro atoms. The van der Waals surface area contributed by atoms with Crippen LogP contribution in [0.15, 0.2) is 18.2 Å². The zero-order valence-electron chi connectivity index (χ0n) is 16.3. The first-order chi connectivity index (χ1) is 13.6. The van der Waals surface area contributed by atoms with E-state index in [1.165, 1.54) is 11.0 Å². The number of rotatable bonds is 7. The number of esters is 1. The van der Waals surface area contributed by atoms with E-state index >= 15 is 0 Å². The van der Waals surface area contributed by atoms with Crippen molar-refractivity contribution in [2.45, 2.75) is 13.8 Å². The molecule has 10 heteroatoms. The van der Waals surface area contributed by atoms with Gasteiger partial charge < -0.3 is 19.7 Å². The largest absolute Gasteiger partial charge is 0.482 e. The third kappa shape index (κ3) is 5.62. The number of carbonyl (C=O) groups excluding carboxylic acids is 3. The minimum absolute atomic E-state index is 0.153. The van der Waals surface area contributed by atoms with Gasteiger partial charge in [0.15, 0.2) is 6.61 Å². The van der Waals surface area contributed by atoms with Gasteiger partial charge in [0.1, 0.15) is 10.8 Å². The van der Waals surface area contributed by atoms with Crippen molar-refractivity contribution in [3.63, 3.8) is 0 Å². The zero-order chi connectivity index (χ0) is 21.7. The second-order valence-electron chi connectivity index (χ2n) is 6.09. The minimum Gasteiger partial charge on any atom is -0.482 e. The molecular formula is C19H20Cl2N2O5S. The number of halogens is 2. The molecule has 2 amide bonds. The molecular weight excluding hydrogens is 439 g/mol. The summed E-state index contributed by atoms with van der Waals surface area (Å²) in [6.45, 7) is 3.13. The van der Waals surface area contributed by atoms with Gasteiger partial charge in [0, 0.05) is 19.1 Å². The van der Waals surface area contributed by atoms with E-state index in [2.05, 4.69) is 5.32 Å². The van der Waals surface area contributed by atoms with Crippen molar-refractivity contribution >= 4 is 57.3 Å². The van der Waals surface area contributed by atoms with Gasteiger partial charge in [0.2, 0.25) is 0 Å². The molecule has 1 aromatic carbocycles. The number of ether oxygens (including phenoxy) is 2. The lowest BCUT2D eigenvalue weighted by atomic mass is 10.1. The SMILES string of the molecule is CCOC(=O)c1c(NC(=O)COc2ccc(Cl)cc2Cl)sc(C(=O)N(C)C)c1C. The summed E-state index contributed by atoms with van der Waals surface area (Å²) in [5.74, 6) is -1.12. The summed E-state index contributed by atoms with van der Waals surface area (Å²) in [5.41, 5.74) is 0.601. The Labute approximate surface area is 182 Å². The van der Waals surface area contributed by atoms with Crippen LogP contribution < -0.4 is 10.1 Å². The summed E-state index contributed by atoms with van der Waals surface area (Å²) in [4.78, 5) is 38.9. The van der Waals surface area contributed by atoms with Crippen molar-refractivity contribution < 1.29 is 23.9 Å². The number of anilines is 1. The minimum atomic E-state index is -0.615. The van der Waals surface area contributed by atoms with Gasteiger partial charge in [-0.15, -0.1) is 11.3 Å². The number of hydrogen-bond donors (Lipinski definition) is 1. The van der Waals surface area contributed by atoms with Crippen LogP contribution >= 0.6 is 34.5 Å². The van der Waals surface area contributed by atoms with Gasteiger partial charge >= 0.3 is 5.97 Å². The average Bonchev–Trinajstić information content (AvgIpc) is 2.96. The first-order valence-electron chi connectivity index (χ1n) is 8.55. The van der Waals surface area contributed by atoms with Crippen LogP contribution in [0.25, 0.3) is 0 Å². The van der Waals surface area contributed by atoms with Crippen molar-refractivity contribution in [3.05, 3.63) is 44.2 Å². The molecule has 0 bridgehead atoms. The molecule has 0 fully saturated rings. The molecule has 156 valence electrons. The Morgan fingerprint density at radius 3 is 2.48 bits per heavy atom. The summed E-state index contributed by atoms with van der Waals surface area (Å²) in [6.07, 6.45) is 0.